The van der Waals surface area contributed by atoms with Gasteiger partial charge < -0.3 is 10.2 Å². The Morgan fingerprint density at radius 3 is 2.00 bits per heavy atom. The topological polar surface area (TPSA) is 118 Å². The minimum Gasteiger partial charge on any atom is -0.481 e. The number of rotatable bonds is 5. The van der Waals surface area contributed by atoms with Gasteiger partial charge in [0.05, 0.1) is 4.92 Å². The SMILES string of the molecule is O=C(O)[C@@H](Cl)[C@H](C(=O)O)c1ccc([N+](=O)[O-])cc1. The number of aliphatic carboxylic acids is 2. The maximum atomic E-state index is 11.0. The highest BCUT2D eigenvalue weighted by molar-refractivity contribution is 6.31. The molecule has 0 aliphatic carbocycles. The molecule has 2 atom stereocenters. The van der Waals surface area contributed by atoms with Gasteiger partial charge in [-0.15, -0.1) is 11.6 Å². The fourth-order valence-corrected chi connectivity index (χ4v) is 1.64. The highest BCUT2D eigenvalue weighted by Gasteiger charge is 2.33. The number of nitro benzene ring substituents is 1. The summed E-state index contributed by atoms with van der Waals surface area (Å²) >= 11 is 5.50. The van der Waals surface area contributed by atoms with Gasteiger partial charge in [0.1, 0.15) is 11.3 Å². The third-order valence-corrected chi connectivity index (χ3v) is 2.70. The van der Waals surface area contributed by atoms with Gasteiger partial charge in [0.15, 0.2) is 0 Å². The number of hydrogen-bond donors (Lipinski definition) is 2. The van der Waals surface area contributed by atoms with Crippen molar-refractivity contribution in [3.63, 3.8) is 0 Å². The summed E-state index contributed by atoms with van der Waals surface area (Å²) in [5, 5.41) is 26.4. The molecule has 0 aliphatic rings. The van der Waals surface area contributed by atoms with Crippen LogP contribution in [0.15, 0.2) is 24.3 Å². The second kappa shape index (κ2) is 5.46. The summed E-state index contributed by atoms with van der Waals surface area (Å²) < 4.78 is 0. The van der Waals surface area contributed by atoms with Gasteiger partial charge in [-0.2, -0.15) is 0 Å². The maximum Gasteiger partial charge on any atom is 0.322 e. The van der Waals surface area contributed by atoms with E-state index in [2.05, 4.69) is 0 Å². The van der Waals surface area contributed by atoms with Gasteiger partial charge in [-0.3, -0.25) is 19.7 Å². The predicted octanol–water partition coefficient (Wildman–Crippen LogP) is 1.46. The molecule has 0 fully saturated rings. The lowest BCUT2D eigenvalue weighted by atomic mass is 9.95. The lowest BCUT2D eigenvalue weighted by molar-refractivity contribution is -0.384. The van der Waals surface area contributed by atoms with Crippen molar-refractivity contribution in [2.45, 2.75) is 11.3 Å². The van der Waals surface area contributed by atoms with Gasteiger partial charge in [0, 0.05) is 12.1 Å². The van der Waals surface area contributed by atoms with Crippen molar-refractivity contribution in [2.75, 3.05) is 0 Å². The van der Waals surface area contributed by atoms with Crippen LogP contribution >= 0.6 is 11.6 Å². The van der Waals surface area contributed by atoms with Crippen molar-refractivity contribution in [2.24, 2.45) is 0 Å². The first kappa shape index (κ1) is 13.9. The molecule has 18 heavy (non-hydrogen) atoms. The zero-order chi connectivity index (χ0) is 13.9. The number of nitro groups is 1. The van der Waals surface area contributed by atoms with Crippen LogP contribution < -0.4 is 0 Å². The van der Waals surface area contributed by atoms with E-state index in [0.29, 0.717) is 0 Å². The van der Waals surface area contributed by atoms with E-state index in [-0.39, 0.29) is 11.3 Å². The summed E-state index contributed by atoms with van der Waals surface area (Å²) in [6.45, 7) is 0. The number of halogens is 1. The Bertz CT molecular complexity index is 486. The first-order valence-electron chi connectivity index (χ1n) is 4.68. The molecule has 0 amide bonds. The molecule has 1 aromatic carbocycles. The summed E-state index contributed by atoms with van der Waals surface area (Å²) in [6.07, 6.45) is 0. The Morgan fingerprint density at radius 1 is 1.17 bits per heavy atom. The molecule has 2 N–H and O–H groups in total. The number of alkyl halides is 1. The van der Waals surface area contributed by atoms with E-state index in [1.807, 2.05) is 0 Å². The van der Waals surface area contributed by atoms with Gasteiger partial charge in [-0.05, 0) is 5.56 Å². The molecule has 0 spiro atoms. The van der Waals surface area contributed by atoms with Crippen LogP contribution in [0.25, 0.3) is 0 Å². The molecule has 0 saturated heterocycles. The maximum absolute atomic E-state index is 11.0. The zero-order valence-electron chi connectivity index (χ0n) is 8.82. The summed E-state index contributed by atoms with van der Waals surface area (Å²) in [4.78, 5) is 31.5. The number of nitrogens with zero attached hydrogens (tertiary/aromatic N) is 1. The Kier molecular flexibility index (Phi) is 4.22. The fourth-order valence-electron chi connectivity index (χ4n) is 1.38. The number of carboxylic acids is 2. The molecular formula is C10H8ClNO6. The van der Waals surface area contributed by atoms with Crippen LogP contribution in [0.1, 0.15) is 11.5 Å². The average Bonchev–Trinajstić information content (AvgIpc) is 2.29. The van der Waals surface area contributed by atoms with E-state index in [1.54, 1.807) is 0 Å². The largest absolute Gasteiger partial charge is 0.481 e. The molecule has 8 heteroatoms. The van der Waals surface area contributed by atoms with Crippen molar-refractivity contribution < 1.29 is 24.7 Å². The van der Waals surface area contributed by atoms with Crippen LogP contribution in [0, 0.1) is 10.1 Å². The predicted molar refractivity (Wildman–Crippen MR) is 60.8 cm³/mol. The van der Waals surface area contributed by atoms with Crippen molar-refractivity contribution in [3.8, 4) is 0 Å². The monoisotopic (exact) mass is 273 g/mol. The molecule has 1 rings (SSSR count). The van der Waals surface area contributed by atoms with Crippen LogP contribution in [0.5, 0.6) is 0 Å². The van der Waals surface area contributed by atoms with Crippen LogP contribution in [-0.2, 0) is 9.59 Å². The third-order valence-electron chi connectivity index (χ3n) is 2.26. The minimum atomic E-state index is -1.65. The second-order valence-corrected chi connectivity index (χ2v) is 3.87. The molecular weight excluding hydrogens is 266 g/mol. The van der Waals surface area contributed by atoms with E-state index in [9.17, 15) is 19.7 Å². The number of carbonyl (C=O) groups is 2. The quantitative estimate of drug-likeness (QED) is 0.476. The van der Waals surface area contributed by atoms with E-state index in [1.165, 1.54) is 12.1 Å². The number of hydrogen-bond acceptors (Lipinski definition) is 4. The van der Waals surface area contributed by atoms with Gasteiger partial charge in [0.2, 0.25) is 0 Å². The van der Waals surface area contributed by atoms with Crippen molar-refractivity contribution in [1.29, 1.82) is 0 Å². The molecule has 96 valence electrons. The standard InChI is InChI=1S/C10H8ClNO6/c11-8(10(15)16)7(9(13)14)5-1-3-6(4-2-5)12(17)18/h1-4,7-8H,(H,13,14)(H,15,16)/t7-,8+/m1/s1. The number of benzene rings is 1. The summed E-state index contributed by atoms with van der Waals surface area (Å²) in [6, 6.07) is 4.54. The normalized spacial score (nSPS) is 13.6. The summed E-state index contributed by atoms with van der Waals surface area (Å²) in [5.74, 6) is -4.35. The average molecular weight is 274 g/mol. The molecule has 0 radical (unpaired) electrons. The Morgan fingerprint density at radius 2 is 1.67 bits per heavy atom. The van der Waals surface area contributed by atoms with E-state index >= 15 is 0 Å². The Hall–Kier alpha value is -2.15. The molecule has 0 aliphatic heterocycles. The van der Waals surface area contributed by atoms with Gasteiger partial charge in [-0.1, -0.05) is 12.1 Å². The smallest absolute Gasteiger partial charge is 0.322 e. The number of carboxylic acid groups (broad SMARTS) is 2. The third kappa shape index (κ3) is 2.95. The Balaban J connectivity index is 3.11. The van der Waals surface area contributed by atoms with Gasteiger partial charge >= 0.3 is 11.9 Å². The minimum absolute atomic E-state index is 0.0931. The number of non-ortho nitro benzene ring substituents is 1. The molecule has 0 saturated carbocycles. The molecule has 0 bridgehead atoms. The molecule has 0 aromatic heterocycles. The van der Waals surface area contributed by atoms with Crippen molar-refractivity contribution in [3.05, 3.63) is 39.9 Å². The highest BCUT2D eigenvalue weighted by Crippen LogP contribution is 2.26. The second-order valence-electron chi connectivity index (χ2n) is 3.40. The lowest BCUT2D eigenvalue weighted by Crippen LogP contribution is -2.28. The van der Waals surface area contributed by atoms with Crippen LogP contribution in [-0.4, -0.2) is 32.5 Å². The summed E-state index contributed by atoms with van der Waals surface area (Å²) in [5.41, 5.74) is -0.125. The van der Waals surface area contributed by atoms with E-state index in [4.69, 9.17) is 21.8 Å². The zero-order valence-corrected chi connectivity index (χ0v) is 9.57. The summed E-state index contributed by atoms with van der Waals surface area (Å²) in [7, 11) is 0. The van der Waals surface area contributed by atoms with E-state index < -0.39 is 28.2 Å². The first-order chi connectivity index (χ1) is 8.34. The van der Waals surface area contributed by atoms with Crippen LogP contribution in [0.4, 0.5) is 5.69 Å². The van der Waals surface area contributed by atoms with Crippen LogP contribution in [0.2, 0.25) is 0 Å². The molecule has 0 unspecified atom stereocenters. The Labute approximate surface area is 106 Å². The molecule has 7 nitrogen and oxygen atoms in total. The molecule has 0 heterocycles. The molecule has 1 aromatic rings. The lowest BCUT2D eigenvalue weighted by Gasteiger charge is -2.14. The van der Waals surface area contributed by atoms with E-state index in [0.717, 1.165) is 12.1 Å². The van der Waals surface area contributed by atoms with Gasteiger partial charge in [0.25, 0.3) is 5.69 Å². The van der Waals surface area contributed by atoms with Crippen LogP contribution in [0.3, 0.4) is 0 Å². The first-order valence-corrected chi connectivity index (χ1v) is 5.12. The van der Waals surface area contributed by atoms with Crippen molar-refractivity contribution >= 4 is 29.2 Å². The fraction of sp³-hybridized carbons (Fsp3) is 0.200. The van der Waals surface area contributed by atoms with Crippen molar-refractivity contribution in [1.82, 2.24) is 0 Å². The van der Waals surface area contributed by atoms with Gasteiger partial charge in [-0.25, -0.2) is 0 Å². The highest BCUT2D eigenvalue weighted by atomic mass is 35.5.